The second-order valence-electron chi connectivity index (χ2n) is 5.23. The van der Waals surface area contributed by atoms with E-state index in [1.54, 1.807) is 6.07 Å². The zero-order valence-corrected chi connectivity index (χ0v) is 14.6. The van der Waals surface area contributed by atoms with Gasteiger partial charge < -0.3 is 20.1 Å². The molecule has 3 N–H and O–H groups in total. The number of halogens is 2. The highest BCUT2D eigenvalue weighted by Crippen LogP contribution is 2.27. The highest BCUT2D eigenvalue weighted by molar-refractivity contribution is 6.34. The second-order valence-corrected chi connectivity index (χ2v) is 6.07. The normalized spacial score (nSPS) is 11.8. The number of carbonyl (C=O) groups excluding carboxylic acids is 1. The Morgan fingerprint density at radius 2 is 2.08 bits per heavy atom. The standard InChI is InChI=1S/C15H13Cl2N3O6/c16-8-1-2-12(17)13(3-8)26-7-10(21)6-19-5-9(20(24)25)4-11(14(18)22)15(19)23/h1-5,10,21H,6-7H2,(H2,18,22)/t10-/m1/s1. The van der Waals surface area contributed by atoms with Crippen LogP contribution in [-0.4, -0.2) is 33.2 Å². The van der Waals surface area contributed by atoms with Gasteiger partial charge in [0.2, 0.25) is 0 Å². The van der Waals surface area contributed by atoms with Gasteiger partial charge in [0, 0.05) is 17.2 Å². The van der Waals surface area contributed by atoms with Crippen molar-refractivity contribution in [2.24, 2.45) is 5.73 Å². The van der Waals surface area contributed by atoms with E-state index < -0.39 is 33.7 Å². The fraction of sp³-hybridized carbons (Fsp3) is 0.200. The second kappa shape index (κ2) is 8.17. The van der Waals surface area contributed by atoms with Crippen molar-refractivity contribution < 1.29 is 19.6 Å². The number of aromatic nitrogens is 1. The summed E-state index contributed by atoms with van der Waals surface area (Å²) in [5, 5.41) is 21.6. The Labute approximate surface area is 156 Å². The summed E-state index contributed by atoms with van der Waals surface area (Å²) >= 11 is 11.8. The Balaban J connectivity index is 2.19. The average Bonchev–Trinajstić information content (AvgIpc) is 2.57. The van der Waals surface area contributed by atoms with Crippen LogP contribution in [0.3, 0.4) is 0 Å². The van der Waals surface area contributed by atoms with E-state index in [1.165, 1.54) is 12.1 Å². The quantitative estimate of drug-likeness (QED) is 0.533. The molecule has 11 heteroatoms. The molecule has 0 aliphatic rings. The molecule has 0 saturated carbocycles. The molecule has 0 fully saturated rings. The summed E-state index contributed by atoms with van der Waals surface area (Å²) in [6.45, 7) is -0.639. The summed E-state index contributed by atoms with van der Waals surface area (Å²) in [6.07, 6.45) is -0.324. The van der Waals surface area contributed by atoms with Crippen LogP contribution in [0.4, 0.5) is 5.69 Å². The Bertz CT molecular complexity index is 915. The van der Waals surface area contributed by atoms with Gasteiger partial charge in [-0.3, -0.25) is 19.7 Å². The molecule has 0 saturated heterocycles. The minimum absolute atomic E-state index is 0.224. The number of primary amides is 1. The van der Waals surface area contributed by atoms with Crippen LogP contribution < -0.4 is 16.0 Å². The van der Waals surface area contributed by atoms with Gasteiger partial charge in [-0.2, -0.15) is 0 Å². The summed E-state index contributed by atoms with van der Waals surface area (Å²) in [4.78, 5) is 33.6. The number of amides is 1. The van der Waals surface area contributed by atoms with Crippen LogP contribution in [0.25, 0.3) is 0 Å². The number of hydrogen-bond donors (Lipinski definition) is 2. The van der Waals surface area contributed by atoms with Gasteiger partial charge in [0.15, 0.2) is 0 Å². The van der Waals surface area contributed by atoms with Crippen molar-refractivity contribution in [3.8, 4) is 5.75 Å². The number of rotatable bonds is 7. The van der Waals surface area contributed by atoms with Gasteiger partial charge in [-0.25, -0.2) is 0 Å². The highest BCUT2D eigenvalue weighted by Gasteiger charge is 2.19. The first-order chi connectivity index (χ1) is 12.2. The highest BCUT2D eigenvalue weighted by atomic mass is 35.5. The Morgan fingerprint density at radius 3 is 2.69 bits per heavy atom. The number of aliphatic hydroxyl groups is 1. The number of carbonyl (C=O) groups is 1. The molecular weight excluding hydrogens is 389 g/mol. The van der Waals surface area contributed by atoms with Crippen molar-refractivity contribution in [2.75, 3.05) is 6.61 Å². The average molecular weight is 402 g/mol. The first-order valence-corrected chi connectivity index (χ1v) is 7.89. The number of nitrogens with two attached hydrogens (primary N) is 1. The topological polar surface area (TPSA) is 138 Å². The first-order valence-electron chi connectivity index (χ1n) is 7.13. The molecule has 1 aromatic carbocycles. The van der Waals surface area contributed by atoms with Crippen molar-refractivity contribution in [1.29, 1.82) is 0 Å². The molecule has 1 amide bonds. The van der Waals surface area contributed by atoms with E-state index in [1.807, 2.05) is 0 Å². The zero-order valence-electron chi connectivity index (χ0n) is 13.1. The number of ether oxygens (including phenoxy) is 1. The molecule has 0 spiro atoms. The van der Waals surface area contributed by atoms with Crippen LogP contribution in [0, 0.1) is 10.1 Å². The van der Waals surface area contributed by atoms with Gasteiger partial charge in [-0.1, -0.05) is 23.2 Å². The molecule has 2 rings (SSSR count). The Hall–Kier alpha value is -2.62. The van der Waals surface area contributed by atoms with Crippen molar-refractivity contribution >= 4 is 34.8 Å². The molecule has 26 heavy (non-hydrogen) atoms. The number of nitrogens with zero attached hydrogens (tertiary/aromatic N) is 2. The molecule has 0 aliphatic carbocycles. The smallest absolute Gasteiger partial charge is 0.286 e. The predicted octanol–water partition coefficient (Wildman–Crippen LogP) is 1.60. The third-order valence-electron chi connectivity index (χ3n) is 3.28. The minimum atomic E-state index is -1.23. The van der Waals surface area contributed by atoms with Gasteiger partial charge in [-0.05, 0) is 12.1 Å². The number of hydrogen-bond acceptors (Lipinski definition) is 6. The number of pyridine rings is 1. The van der Waals surface area contributed by atoms with Gasteiger partial charge in [0.25, 0.3) is 17.2 Å². The molecule has 1 aromatic heterocycles. The molecule has 0 unspecified atom stereocenters. The van der Waals surface area contributed by atoms with E-state index >= 15 is 0 Å². The lowest BCUT2D eigenvalue weighted by Gasteiger charge is -2.15. The fourth-order valence-corrected chi connectivity index (χ4v) is 2.42. The maximum absolute atomic E-state index is 12.1. The van der Waals surface area contributed by atoms with E-state index in [2.05, 4.69) is 0 Å². The molecule has 1 heterocycles. The molecule has 2 aromatic rings. The van der Waals surface area contributed by atoms with E-state index in [9.17, 15) is 24.8 Å². The van der Waals surface area contributed by atoms with Crippen molar-refractivity contribution in [1.82, 2.24) is 4.57 Å². The summed E-state index contributed by atoms with van der Waals surface area (Å²) in [6, 6.07) is 5.30. The largest absolute Gasteiger partial charge is 0.489 e. The predicted molar refractivity (Wildman–Crippen MR) is 93.8 cm³/mol. The van der Waals surface area contributed by atoms with Crippen molar-refractivity contribution in [3.05, 3.63) is 66.5 Å². The third-order valence-corrected chi connectivity index (χ3v) is 3.83. The molecule has 138 valence electrons. The molecule has 1 atom stereocenters. The van der Waals surface area contributed by atoms with Crippen LogP contribution in [0.2, 0.25) is 10.0 Å². The van der Waals surface area contributed by atoms with Crippen LogP contribution in [0.15, 0.2) is 35.3 Å². The third kappa shape index (κ3) is 4.72. The van der Waals surface area contributed by atoms with Gasteiger partial charge in [-0.15, -0.1) is 0 Å². The van der Waals surface area contributed by atoms with Gasteiger partial charge in [0.05, 0.1) is 22.7 Å². The van der Waals surface area contributed by atoms with Gasteiger partial charge in [0.1, 0.15) is 24.0 Å². The van der Waals surface area contributed by atoms with Crippen LogP contribution in [0.5, 0.6) is 5.75 Å². The van der Waals surface area contributed by atoms with Crippen molar-refractivity contribution in [2.45, 2.75) is 12.6 Å². The van der Waals surface area contributed by atoms with Crippen LogP contribution >= 0.6 is 23.2 Å². The van der Waals surface area contributed by atoms with Crippen LogP contribution in [-0.2, 0) is 6.54 Å². The van der Waals surface area contributed by atoms with Gasteiger partial charge >= 0.3 is 0 Å². The SMILES string of the molecule is NC(=O)c1cc([N+](=O)[O-])cn(C[C@@H](O)COc2cc(Cl)ccc2Cl)c1=O. The maximum Gasteiger partial charge on any atom is 0.286 e. The molecule has 0 aliphatic heterocycles. The lowest BCUT2D eigenvalue weighted by Crippen LogP contribution is -2.34. The summed E-state index contributed by atoms with van der Waals surface area (Å²) in [5.41, 5.74) is 3.14. The summed E-state index contributed by atoms with van der Waals surface area (Å²) in [5.74, 6) is -0.883. The molecular formula is C15H13Cl2N3O6. The van der Waals surface area contributed by atoms with E-state index in [0.717, 1.165) is 16.8 Å². The molecule has 0 bridgehead atoms. The lowest BCUT2D eigenvalue weighted by atomic mass is 10.2. The number of benzene rings is 1. The minimum Gasteiger partial charge on any atom is -0.489 e. The first kappa shape index (κ1) is 19.7. The molecule has 9 nitrogen and oxygen atoms in total. The molecule has 0 radical (unpaired) electrons. The maximum atomic E-state index is 12.1. The summed E-state index contributed by atoms with van der Waals surface area (Å²) < 4.78 is 6.16. The Morgan fingerprint density at radius 1 is 1.38 bits per heavy atom. The monoisotopic (exact) mass is 401 g/mol. The zero-order chi connectivity index (χ0) is 19.4. The summed E-state index contributed by atoms with van der Waals surface area (Å²) in [7, 11) is 0. The van der Waals surface area contributed by atoms with E-state index in [0.29, 0.717) is 5.02 Å². The fourth-order valence-electron chi connectivity index (χ4n) is 2.09. The number of aliphatic hydroxyl groups excluding tert-OH is 1. The van der Waals surface area contributed by atoms with E-state index in [4.69, 9.17) is 33.7 Å². The lowest BCUT2D eigenvalue weighted by molar-refractivity contribution is -0.385. The van der Waals surface area contributed by atoms with E-state index in [-0.39, 0.29) is 23.9 Å². The van der Waals surface area contributed by atoms with Crippen LogP contribution in [0.1, 0.15) is 10.4 Å². The number of nitro groups is 1. The Kier molecular flexibility index (Phi) is 6.19. The van der Waals surface area contributed by atoms with Crippen molar-refractivity contribution in [3.63, 3.8) is 0 Å².